The maximum Gasteiger partial charge on any atom is 0.200 e. The monoisotopic (exact) mass is 235 g/mol. The molecule has 0 aromatic rings. The van der Waals surface area contributed by atoms with Gasteiger partial charge in [-0.3, -0.25) is 0 Å². The third-order valence-corrected chi connectivity index (χ3v) is 2.41. The zero-order valence-corrected chi connectivity index (χ0v) is 8.21. The fourth-order valence-electron chi connectivity index (χ4n) is 1.48. The lowest BCUT2D eigenvalue weighted by molar-refractivity contribution is -0.344. The maximum absolute atomic E-state index is 9.74. The van der Waals surface area contributed by atoms with E-state index in [1.54, 1.807) is 0 Å². The van der Waals surface area contributed by atoms with Crippen LogP contribution in [-0.2, 0) is 4.74 Å². The standard InChI is InChI=1S/C7H13N3O6/c8-10-9-2-7(15)6(14)5(13)4(12)3(1-11)16-7/h3-6,11-15H,1-2H2/t3-,4-,5+,6-,7-/m1/s1. The van der Waals surface area contributed by atoms with Crippen molar-refractivity contribution < 1.29 is 30.3 Å². The van der Waals surface area contributed by atoms with Crippen LogP contribution in [0.1, 0.15) is 0 Å². The van der Waals surface area contributed by atoms with E-state index in [1.807, 2.05) is 0 Å². The molecule has 1 aliphatic heterocycles. The quantitative estimate of drug-likeness (QED) is 0.206. The Morgan fingerprint density at radius 3 is 2.44 bits per heavy atom. The Kier molecular flexibility index (Phi) is 4.05. The van der Waals surface area contributed by atoms with Gasteiger partial charge in [0.1, 0.15) is 24.4 Å². The van der Waals surface area contributed by atoms with Crippen molar-refractivity contribution >= 4 is 0 Å². The van der Waals surface area contributed by atoms with Crippen LogP contribution in [-0.4, -0.2) is 68.9 Å². The van der Waals surface area contributed by atoms with E-state index in [-0.39, 0.29) is 0 Å². The van der Waals surface area contributed by atoms with Gasteiger partial charge in [-0.15, -0.1) is 0 Å². The summed E-state index contributed by atoms with van der Waals surface area (Å²) in [7, 11) is 0. The number of hydrogen-bond donors (Lipinski definition) is 5. The fourth-order valence-corrected chi connectivity index (χ4v) is 1.48. The molecule has 0 aliphatic carbocycles. The SMILES string of the molecule is [N-]=[N+]=NC[C@@]1(O)O[C@H](CO)[C@@H](O)[C@H](O)[C@H]1O. The van der Waals surface area contributed by atoms with Gasteiger partial charge in [-0.2, -0.15) is 0 Å². The van der Waals surface area contributed by atoms with Gasteiger partial charge in [-0.05, 0) is 5.53 Å². The van der Waals surface area contributed by atoms with Crippen molar-refractivity contribution in [2.45, 2.75) is 30.2 Å². The number of azide groups is 1. The van der Waals surface area contributed by atoms with Crippen molar-refractivity contribution in [3.05, 3.63) is 10.4 Å². The Hall–Kier alpha value is -0.930. The normalized spacial score (nSPS) is 43.8. The topological polar surface area (TPSA) is 159 Å². The van der Waals surface area contributed by atoms with Gasteiger partial charge < -0.3 is 30.3 Å². The molecule has 1 heterocycles. The number of aliphatic hydroxyl groups is 5. The van der Waals surface area contributed by atoms with Crippen molar-refractivity contribution in [1.29, 1.82) is 0 Å². The van der Waals surface area contributed by atoms with Crippen LogP contribution < -0.4 is 0 Å². The zero-order chi connectivity index (χ0) is 12.3. The second kappa shape index (κ2) is 4.93. The number of hydrogen-bond acceptors (Lipinski definition) is 7. The molecule has 1 aliphatic rings. The van der Waals surface area contributed by atoms with E-state index in [1.165, 1.54) is 0 Å². The first-order valence-electron chi connectivity index (χ1n) is 4.52. The van der Waals surface area contributed by atoms with Gasteiger partial charge in [0.25, 0.3) is 0 Å². The molecule has 92 valence electrons. The molecule has 0 aromatic heterocycles. The second-order valence-electron chi connectivity index (χ2n) is 3.50. The molecule has 0 bridgehead atoms. The minimum Gasteiger partial charge on any atom is -0.394 e. The fraction of sp³-hybridized carbons (Fsp3) is 1.00. The van der Waals surface area contributed by atoms with Gasteiger partial charge in [0.05, 0.1) is 13.2 Å². The molecular formula is C7H13N3O6. The van der Waals surface area contributed by atoms with E-state index in [0.717, 1.165) is 0 Å². The van der Waals surface area contributed by atoms with Crippen LogP contribution in [0, 0.1) is 0 Å². The summed E-state index contributed by atoms with van der Waals surface area (Å²) in [6.45, 7) is -1.31. The number of ether oxygens (including phenoxy) is 1. The highest BCUT2D eigenvalue weighted by Crippen LogP contribution is 2.28. The zero-order valence-electron chi connectivity index (χ0n) is 8.21. The molecule has 5 N–H and O–H groups in total. The Bertz CT molecular complexity index is 294. The lowest BCUT2D eigenvalue weighted by Crippen LogP contribution is -2.66. The Morgan fingerprint density at radius 2 is 1.94 bits per heavy atom. The average molecular weight is 235 g/mol. The van der Waals surface area contributed by atoms with Crippen molar-refractivity contribution in [2.24, 2.45) is 5.11 Å². The first kappa shape index (κ1) is 13.1. The van der Waals surface area contributed by atoms with Crippen LogP contribution in [0.5, 0.6) is 0 Å². The van der Waals surface area contributed by atoms with Gasteiger partial charge >= 0.3 is 0 Å². The third-order valence-electron chi connectivity index (χ3n) is 2.41. The summed E-state index contributed by atoms with van der Waals surface area (Å²) in [6, 6.07) is 0. The summed E-state index contributed by atoms with van der Waals surface area (Å²) in [4.78, 5) is 2.37. The molecule has 0 spiro atoms. The summed E-state index contributed by atoms with van der Waals surface area (Å²) >= 11 is 0. The summed E-state index contributed by atoms with van der Waals surface area (Å²) in [5, 5.41) is 49.8. The largest absolute Gasteiger partial charge is 0.394 e. The predicted octanol–water partition coefficient (Wildman–Crippen LogP) is -2.54. The van der Waals surface area contributed by atoms with Crippen molar-refractivity contribution in [1.82, 2.24) is 0 Å². The minimum atomic E-state index is -2.32. The Labute approximate surface area is 90.1 Å². The number of aliphatic hydroxyl groups excluding tert-OH is 4. The van der Waals surface area contributed by atoms with Crippen LogP contribution in [0.2, 0.25) is 0 Å². The molecule has 1 rings (SSSR count). The van der Waals surface area contributed by atoms with Gasteiger partial charge in [0.2, 0.25) is 5.79 Å². The first-order chi connectivity index (χ1) is 7.46. The molecule has 1 fully saturated rings. The predicted molar refractivity (Wildman–Crippen MR) is 48.9 cm³/mol. The van der Waals surface area contributed by atoms with Crippen LogP contribution in [0.25, 0.3) is 10.4 Å². The first-order valence-corrected chi connectivity index (χ1v) is 4.52. The smallest absolute Gasteiger partial charge is 0.200 e. The molecule has 0 saturated carbocycles. The molecule has 9 heteroatoms. The van der Waals surface area contributed by atoms with Crippen molar-refractivity contribution in [3.8, 4) is 0 Å². The molecule has 1 saturated heterocycles. The van der Waals surface area contributed by atoms with E-state index in [9.17, 15) is 20.4 Å². The Balaban J connectivity index is 2.88. The van der Waals surface area contributed by atoms with Gasteiger partial charge in [0, 0.05) is 4.91 Å². The minimum absolute atomic E-state index is 0.648. The Morgan fingerprint density at radius 1 is 1.31 bits per heavy atom. The summed E-state index contributed by atoms with van der Waals surface area (Å²) in [5.41, 5.74) is 8.09. The van der Waals surface area contributed by atoms with E-state index in [0.29, 0.717) is 0 Å². The van der Waals surface area contributed by atoms with Crippen LogP contribution >= 0.6 is 0 Å². The van der Waals surface area contributed by atoms with Crippen LogP contribution in [0.3, 0.4) is 0 Å². The maximum atomic E-state index is 9.74. The van der Waals surface area contributed by atoms with E-state index < -0.39 is 43.4 Å². The van der Waals surface area contributed by atoms with Crippen LogP contribution in [0.4, 0.5) is 0 Å². The molecule has 0 unspecified atom stereocenters. The molecular weight excluding hydrogens is 222 g/mol. The molecule has 0 aromatic carbocycles. The van der Waals surface area contributed by atoms with Gasteiger partial charge in [-0.25, -0.2) is 0 Å². The van der Waals surface area contributed by atoms with Gasteiger partial charge in [-0.1, -0.05) is 5.11 Å². The van der Waals surface area contributed by atoms with E-state index >= 15 is 0 Å². The second-order valence-corrected chi connectivity index (χ2v) is 3.50. The van der Waals surface area contributed by atoms with Gasteiger partial charge in [0.15, 0.2) is 0 Å². The van der Waals surface area contributed by atoms with Crippen molar-refractivity contribution in [2.75, 3.05) is 13.2 Å². The lowest BCUT2D eigenvalue weighted by Gasteiger charge is -2.44. The molecule has 0 radical (unpaired) electrons. The molecule has 5 atom stereocenters. The average Bonchev–Trinajstić information content (AvgIpc) is 2.29. The lowest BCUT2D eigenvalue weighted by atomic mass is 9.93. The summed E-state index contributed by atoms with van der Waals surface area (Å²) < 4.78 is 4.80. The molecule has 0 amide bonds. The van der Waals surface area contributed by atoms with E-state index in [2.05, 4.69) is 10.0 Å². The summed E-state index contributed by atoms with van der Waals surface area (Å²) in [6.07, 6.45) is -6.34. The molecule has 16 heavy (non-hydrogen) atoms. The third kappa shape index (κ3) is 2.25. The van der Waals surface area contributed by atoms with E-state index in [4.69, 9.17) is 15.4 Å². The van der Waals surface area contributed by atoms with Crippen LogP contribution in [0.15, 0.2) is 5.11 Å². The number of nitrogens with zero attached hydrogens (tertiary/aromatic N) is 3. The highest BCUT2D eigenvalue weighted by atomic mass is 16.7. The highest BCUT2D eigenvalue weighted by molar-refractivity contribution is 4.96. The van der Waals surface area contributed by atoms with Crippen molar-refractivity contribution in [3.63, 3.8) is 0 Å². The highest BCUT2D eigenvalue weighted by Gasteiger charge is 2.52. The number of rotatable bonds is 3. The summed E-state index contributed by atoms with van der Waals surface area (Å²) in [5.74, 6) is -2.32. The molecule has 9 nitrogen and oxygen atoms in total.